The van der Waals surface area contributed by atoms with E-state index >= 15 is 0 Å². The minimum absolute atomic E-state index is 0.0434. The molecule has 1 heterocycles. The van der Waals surface area contributed by atoms with Crippen LogP contribution in [0.2, 0.25) is 0 Å². The van der Waals surface area contributed by atoms with Crippen molar-refractivity contribution in [1.82, 2.24) is 0 Å². The average Bonchev–Trinajstić information content (AvgIpc) is 2.64. The van der Waals surface area contributed by atoms with Crippen molar-refractivity contribution in [3.63, 3.8) is 0 Å². The Morgan fingerprint density at radius 1 is 1.00 bits per heavy atom. The molecule has 0 spiro atoms. The van der Waals surface area contributed by atoms with Gasteiger partial charge in [0.15, 0.2) is 0 Å². The largest absolute Gasteiger partial charge is 0.274 e. The van der Waals surface area contributed by atoms with Gasteiger partial charge in [-0.3, -0.25) is 9.59 Å². The van der Waals surface area contributed by atoms with Crippen LogP contribution in [0.1, 0.15) is 18.4 Å². The molecule has 2 fully saturated rings. The Labute approximate surface area is 135 Å². The molecule has 1 saturated heterocycles. The first-order valence-corrected chi connectivity index (χ1v) is 8.55. The van der Waals surface area contributed by atoms with Crippen LogP contribution >= 0.6 is 31.9 Å². The van der Waals surface area contributed by atoms with E-state index in [4.69, 9.17) is 0 Å². The molecule has 0 aromatic heterocycles. The van der Waals surface area contributed by atoms with Crippen LogP contribution in [0.3, 0.4) is 0 Å². The Bertz CT molecular complexity index is 547. The van der Waals surface area contributed by atoms with Gasteiger partial charge in [-0.2, -0.15) is 0 Å². The Kier molecular flexibility index (Phi) is 3.75. The van der Waals surface area contributed by atoms with Crippen molar-refractivity contribution in [1.29, 1.82) is 0 Å². The third-order valence-corrected chi connectivity index (χ3v) is 7.00. The van der Waals surface area contributed by atoms with Gasteiger partial charge in [0.2, 0.25) is 11.8 Å². The summed E-state index contributed by atoms with van der Waals surface area (Å²) in [5, 5.41) is 0. The summed E-state index contributed by atoms with van der Waals surface area (Å²) < 4.78 is 0. The summed E-state index contributed by atoms with van der Waals surface area (Å²) in [5.74, 6) is -0.447. The number of alkyl halides is 2. The minimum atomic E-state index is -0.180. The molecule has 3 nitrogen and oxygen atoms in total. The molecule has 1 saturated carbocycles. The van der Waals surface area contributed by atoms with Crippen molar-refractivity contribution in [3.05, 3.63) is 29.8 Å². The molecule has 4 atom stereocenters. The Morgan fingerprint density at radius 2 is 1.50 bits per heavy atom. The predicted molar refractivity (Wildman–Crippen MR) is 85.3 cm³/mol. The summed E-state index contributed by atoms with van der Waals surface area (Å²) in [7, 11) is 0. The summed E-state index contributed by atoms with van der Waals surface area (Å²) >= 11 is 7.20. The van der Waals surface area contributed by atoms with Gasteiger partial charge in [0.05, 0.1) is 17.5 Å². The van der Waals surface area contributed by atoms with E-state index < -0.39 is 0 Å². The molecule has 1 aromatic rings. The maximum atomic E-state index is 12.6. The number of hydrogen-bond donors (Lipinski definition) is 0. The third kappa shape index (κ3) is 2.15. The topological polar surface area (TPSA) is 37.4 Å². The van der Waals surface area contributed by atoms with Gasteiger partial charge in [-0.15, -0.1) is 0 Å². The second-order valence-electron chi connectivity index (χ2n) is 5.51. The van der Waals surface area contributed by atoms with Crippen LogP contribution in [-0.4, -0.2) is 21.5 Å². The van der Waals surface area contributed by atoms with Gasteiger partial charge in [0.1, 0.15) is 0 Å². The van der Waals surface area contributed by atoms with Gasteiger partial charge < -0.3 is 0 Å². The maximum absolute atomic E-state index is 12.6. The van der Waals surface area contributed by atoms with Crippen LogP contribution in [0.5, 0.6) is 0 Å². The molecule has 5 heteroatoms. The van der Waals surface area contributed by atoms with E-state index in [0.717, 1.165) is 11.3 Å². The average molecular weight is 401 g/mol. The first-order valence-electron chi connectivity index (χ1n) is 6.72. The predicted octanol–water partition coefficient (Wildman–Crippen LogP) is 3.42. The summed E-state index contributed by atoms with van der Waals surface area (Å²) in [5.41, 5.74) is 1.69. The molecule has 0 radical (unpaired) electrons. The van der Waals surface area contributed by atoms with Gasteiger partial charge >= 0.3 is 0 Å². The van der Waals surface area contributed by atoms with Crippen molar-refractivity contribution in [3.8, 4) is 0 Å². The standard InChI is InChI=1S/C15H15Br2NO2/c1-8-4-2-3-5-13(8)18-14(19)9-6-11(16)12(17)7-10(9)15(18)20/h2-5,9-12H,6-7H2,1H3/t9-,10+,11+,12-. The monoisotopic (exact) mass is 399 g/mol. The Hall–Kier alpha value is -0.680. The molecule has 2 amide bonds. The van der Waals surface area contributed by atoms with E-state index in [-0.39, 0.29) is 33.3 Å². The lowest BCUT2D eigenvalue weighted by atomic mass is 9.81. The zero-order valence-corrected chi connectivity index (χ0v) is 14.2. The number of rotatable bonds is 1. The number of anilines is 1. The van der Waals surface area contributed by atoms with E-state index in [2.05, 4.69) is 31.9 Å². The lowest BCUT2D eigenvalue weighted by Crippen LogP contribution is -2.34. The van der Waals surface area contributed by atoms with Crippen molar-refractivity contribution in [2.75, 3.05) is 4.90 Å². The third-order valence-electron chi connectivity index (χ3n) is 4.27. The lowest BCUT2D eigenvalue weighted by Gasteiger charge is -2.29. The van der Waals surface area contributed by atoms with Crippen LogP contribution < -0.4 is 4.90 Å². The number of fused-ring (bicyclic) bond motifs is 1. The number of imide groups is 1. The quantitative estimate of drug-likeness (QED) is 0.535. The second kappa shape index (κ2) is 5.26. The molecule has 0 bridgehead atoms. The van der Waals surface area contributed by atoms with Crippen LogP contribution in [0.4, 0.5) is 5.69 Å². The highest BCUT2D eigenvalue weighted by Crippen LogP contribution is 2.44. The molecule has 20 heavy (non-hydrogen) atoms. The van der Waals surface area contributed by atoms with Crippen molar-refractivity contribution < 1.29 is 9.59 Å². The molecule has 106 valence electrons. The summed E-state index contributed by atoms with van der Waals surface area (Å²) in [6.45, 7) is 1.93. The van der Waals surface area contributed by atoms with Gasteiger partial charge in [0, 0.05) is 9.65 Å². The number of para-hydroxylation sites is 1. The number of amides is 2. The highest BCUT2D eigenvalue weighted by molar-refractivity contribution is 9.12. The number of aryl methyl sites for hydroxylation is 1. The molecule has 2 aliphatic rings. The minimum Gasteiger partial charge on any atom is -0.274 e. The zero-order chi connectivity index (χ0) is 14.4. The zero-order valence-electron chi connectivity index (χ0n) is 11.1. The highest BCUT2D eigenvalue weighted by atomic mass is 79.9. The van der Waals surface area contributed by atoms with E-state index in [1.807, 2.05) is 31.2 Å². The second-order valence-corrected chi connectivity index (χ2v) is 7.87. The normalized spacial score (nSPS) is 33.5. The lowest BCUT2D eigenvalue weighted by molar-refractivity contribution is -0.122. The molecule has 1 aromatic carbocycles. The van der Waals surface area contributed by atoms with Gasteiger partial charge in [-0.1, -0.05) is 50.1 Å². The summed E-state index contributed by atoms with van der Waals surface area (Å²) in [4.78, 5) is 27.1. The van der Waals surface area contributed by atoms with E-state index in [1.54, 1.807) is 0 Å². The SMILES string of the molecule is Cc1ccccc1N1C(=O)[C@H]2C[C@@H](Br)[C@@H](Br)C[C@H]2C1=O. The molecule has 1 aliphatic carbocycles. The molecule has 1 aliphatic heterocycles. The maximum Gasteiger partial charge on any atom is 0.237 e. The van der Waals surface area contributed by atoms with Crippen LogP contribution in [0.25, 0.3) is 0 Å². The Morgan fingerprint density at radius 3 is 2.00 bits per heavy atom. The van der Waals surface area contributed by atoms with Crippen LogP contribution in [0.15, 0.2) is 24.3 Å². The first-order chi connectivity index (χ1) is 9.50. The van der Waals surface area contributed by atoms with E-state index in [1.165, 1.54) is 4.90 Å². The van der Waals surface area contributed by atoms with Crippen molar-refractivity contribution in [2.45, 2.75) is 29.4 Å². The fourth-order valence-electron chi connectivity index (χ4n) is 3.15. The van der Waals surface area contributed by atoms with Crippen LogP contribution in [-0.2, 0) is 9.59 Å². The summed E-state index contributed by atoms with van der Waals surface area (Å²) in [6.07, 6.45) is 1.43. The highest BCUT2D eigenvalue weighted by Gasteiger charge is 2.52. The number of halogens is 2. The molecular weight excluding hydrogens is 386 g/mol. The van der Waals surface area contributed by atoms with Crippen LogP contribution in [0, 0.1) is 18.8 Å². The van der Waals surface area contributed by atoms with E-state index in [9.17, 15) is 9.59 Å². The van der Waals surface area contributed by atoms with Crippen molar-refractivity contribution in [2.24, 2.45) is 11.8 Å². The molecule has 3 rings (SSSR count). The fourth-order valence-corrected chi connectivity index (χ4v) is 4.38. The smallest absolute Gasteiger partial charge is 0.237 e. The first kappa shape index (κ1) is 14.3. The van der Waals surface area contributed by atoms with Gasteiger partial charge in [0.25, 0.3) is 0 Å². The van der Waals surface area contributed by atoms with Gasteiger partial charge in [-0.25, -0.2) is 4.90 Å². The molecule has 0 unspecified atom stereocenters. The number of hydrogen-bond acceptors (Lipinski definition) is 2. The summed E-state index contributed by atoms with van der Waals surface area (Å²) in [6, 6.07) is 7.56. The molecular formula is C15H15Br2NO2. The molecule has 0 N–H and O–H groups in total. The number of carbonyl (C=O) groups is 2. The van der Waals surface area contributed by atoms with Crippen molar-refractivity contribution >= 4 is 49.4 Å². The van der Waals surface area contributed by atoms with Gasteiger partial charge in [-0.05, 0) is 31.4 Å². The van der Waals surface area contributed by atoms with E-state index in [0.29, 0.717) is 12.8 Å². The fraction of sp³-hybridized carbons (Fsp3) is 0.467. The Balaban J connectivity index is 1.97. The number of benzene rings is 1. The number of nitrogens with zero attached hydrogens (tertiary/aromatic N) is 1. The number of carbonyl (C=O) groups excluding carboxylic acids is 2.